The van der Waals surface area contributed by atoms with Crippen LogP contribution in [0.4, 0.5) is 0 Å². The van der Waals surface area contributed by atoms with E-state index in [0.29, 0.717) is 12.0 Å². The highest BCUT2D eigenvalue weighted by Crippen LogP contribution is 2.40. The summed E-state index contributed by atoms with van der Waals surface area (Å²) in [4.78, 5) is 6.61. The number of benzene rings is 2. The third-order valence-electron chi connectivity index (χ3n) is 4.98. The van der Waals surface area contributed by atoms with Gasteiger partial charge in [0.05, 0.1) is 11.9 Å². The van der Waals surface area contributed by atoms with E-state index in [0.717, 1.165) is 30.2 Å². The Morgan fingerprint density at radius 3 is 2.56 bits per heavy atom. The standard InChI is InChI=1S/C22H25N5/c1-23-22(25-21-13-20(21)18-9-5-3-6-10-18)26(2)15-17-14-24-27(16-17)19-11-7-4-8-12-19/h3-12,14,16,20-21H,13,15H2,1-2H3,(H,23,25). The van der Waals surface area contributed by atoms with E-state index in [2.05, 4.69) is 76.0 Å². The van der Waals surface area contributed by atoms with Crippen molar-refractivity contribution in [2.75, 3.05) is 14.1 Å². The number of hydrogen-bond acceptors (Lipinski definition) is 2. The Kier molecular flexibility index (Phi) is 4.92. The van der Waals surface area contributed by atoms with E-state index < -0.39 is 0 Å². The molecule has 1 heterocycles. The topological polar surface area (TPSA) is 45.5 Å². The van der Waals surface area contributed by atoms with Crippen molar-refractivity contribution < 1.29 is 0 Å². The molecule has 1 aliphatic carbocycles. The van der Waals surface area contributed by atoms with Gasteiger partial charge in [0.1, 0.15) is 0 Å². The molecular weight excluding hydrogens is 334 g/mol. The summed E-state index contributed by atoms with van der Waals surface area (Å²) in [5.74, 6) is 1.50. The smallest absolute Gasteiger partial charge is 0.193 e. The highest BCUT2D eigenvalue weighted by molar-refractivity contribution is 5.80. The van der Waals surface area contributed by atoms with Crippen LogP contribution >= 0.6 is 0 Å². The van der Waals surface area contributed by atoms with Crippen LogP contribution in [0.3, 0.4) is 0 Å². The lowest BCUT2D eigenvalue weighted by Crippen LogP contribution is -2.40. The molecule has 0 saturated heterocycles. The van der Waals surface area contributed by atoms with Crippen LogP contribution < -0.4 is 5.32 Å². The van der Waals surface area contributed by atoms with Gasteiger partial charge in [0.25, 0.3) is 0 Å². The van der Waals surface area contributed by atoms with E-state index in [4.69, 9.17) is 0 Å². The second-order valence-electron chi connectivity index (χ2n) is 7.04. The predicted molar refractivity (Wildman–Crippen MR) is 109 cm³/mol. The number of aliphatic imine (C=N–C) groups is 1. The zero-order valence-corrected chi connectivity index (χ0v) is 15.8. The number of nitrogens with one attached hydrogen (secondary N) is 1. The lowest BCUT2D eigenvalue weighted by atomic mass is 10.1. The fourth-order valence-corrected chi connectivity index (χ4v) is 3.45. The van der Waals surface area contributed by atoms with E-state index in [9.17, 15) is 0 Å². The van der Waals surface area contributed by atoms with Crippen molar-refractivity contribution in [3.05, 3.63) is 84.2 Å². The maximum atomic E-state index is 4.48. The molecule has 1 fully saturated rings. The summed E-state index contributed by atoms with van der Waals surface area (Å²) < 4.78 is 1.91. The fourth-order valence-electron chi connectivity index (χ4n) is 3.45. The summed E-state index contributed by atoms with van der Waals surface area (Å²) in [6.45, 7) is 0.759. The average Bonchev–Trinajstić information content (AvgIpc) is 3.34. The molecule has 5 heteroatoms. The van der Waals surface area contributed by atoms with Crippen molar-refractivity contribution >= 4 is 5.96 Å². The molecular formula is C22H25N5. The number of nitrogens with zero attached hydrogens (tertiary/aromatic N) is 4. The molecule has 2 aromatic carbocycles. The largest absolute Gasteiger partial charge is 0.353 e. The molecule has 0 radical (unpaired) electrons. The molecule has 138 valence electrons. The first-order valence-corrected chi connectivity index (χ1v) is 9.33. The zero-order valence-electron chi connectivity index (χ0n) is 15.8. The van der Waals surface area contributed by atoms with Crippen LogP contribution in [0, 0.1) is 0 Å². The molecule has 3 aromatic rings. The molecule has 0 spiro atoms. The number of aromatic nitrogens is 2. The summed E-state index contributed by atoms with van der Waals surface area (Å²) in [5.41, 5.74) is 3.62. The summed E-state index contributed by atoms with van der Waals surface area (Å²) in [6.07, 6.45) is 5.15. The second-order valence-corrected chi connectivity index (χ2v) is 7.04. The molecule has 5 nitrogen and oxygen atoms in total. The second kappa shape index (κ2) is 7.66. The molecule has 0 aliphatic heterocycles. The first-order chi connectivity index (χ1) is 13.2. The van der Waals surface area contributed by atoms with Crippen LogP contribution in [0.15, 0.2) is 78.0 Å². The Balaban J connectivity index is 1.36. The van der Waals surface area contributed by atoms with Gasteiger partial charge in [-0.2, -0.15) is 5.10 Å². The third-order valence-corrected chi connectivity index (χ3v) is 4.98. The Hall–Kier alpha value is -3.08. The van der Waals surface area contributed by atoms with Crippen LogP contribution in [-0.4, -0.2) is 40.8 Å². The van der Waals surface area contributed by atoms with Crippen molar-refractivity contribution in [2.45, 2.75) is 24.9 Å². The molecule has 4 rings (SSSR count). The van der Waals surface area contributed by atoms with Crippen LogP contribution in [-0.2, 0) is 6.54 Å². The van der Waals surface area contributed by atoms with Gasteiger partial charge in [-0.1, -0.05) is 48.5 Å². The molecule has 27 heavy (non-hydrogen) atoms. The lowest BCUT2D eigenvalue weighted by Gasteiger charge is -2.21. The monoisotopic (exact) mass is 359 g/mol. The zero-order chi connectivity index (χ0) is 18.6. The SMILES string of the molecule is CN=C(NC1CC1c1ccccc1)N(C)Cc1cnn(-c2ccccc2)c1. The van der Waals surface area contributed by atoms with Crippen molar-refractivity contribution in [2.24, 2.45) is 4.99 Å². The molecule has 1 saturated carbocycles. The van der Waals surface area contributed by atoms with Gasteiger partial charge >= 0.3 is 0 Å². The highest BCUT2D eigenvalue weighted by atomic mass is 15.3. The first-order valence-electron chi connectivity index (χ1n) is 9.33. The van der Waals surface area contributed by atoms with Crippen molar-refractivity contribution in [1.82, 2.24) is 20.0 Å². The molecule has 2 atom stereocenters. The minimum atomic E-state index is 0.459. The Bertz CT molecular complexity index is 901. The summed E-state index contributed by atoms with van der Waals surface area (Å²) in [5, 5.41) is 8.08. The van der Waals surface area contributed by atoms with Crippen molar-refractivity contribution in [3.63, 3.8) is 0 Å². The third kappa shape index (κ3) is 4.03. The Labute approximate surface area is 160 Å². The van der Waals surface area contributed by atoms with E-state index in [1.165, 1.54) is 5.56 Å². The van der Waals surface area contributed by atoms with Gasteiger partial charge in [0.15, 0.2) is 5.96 Å². The van der Waals surface area contributed by atoms with Gasteiger partial charge in [-0.25, -0.2) is 4.68 Å². The Morgan fingerprint density at radius 2 is 1.85 bits per heavy atom. The van der Waals surface area contributed by atoms with Gasteiger partial charge in [-0.3, -0.25) is 4.99 Å². The van der Waals surface area contributed by atoms with Crippen LogP contribution in [0.5, 0.6) is 0 Å². The Morgan fingerprint density at radius 1 is 1.15 bits per heavy atom. The van der Waals surface area contributed by atoms with Gasteiger partial charge in [0, 0.05) is 44.4 Å². The van der Waals surface area contributed by atoms with Crippen LogP contribution in [0.25, 0.3) is 5.69 Å². The summed E-state index contributed by atoms with van der Waals surface area (Å²) >= 11 is 0. The molecule has 0 amide bonds. The van der Waals surface area contributed by atoms with Crippen LogP contribution in [0.2, 0.25) is 0 Å². The molecule has 1 aromatic heterocycles. The highest BCUT2D eigenvalue weighted by Gasteiger charge is 2.39. The molecule has 0 bridgehead atoms. The van der Waals surface area contributed by atoms with Crippen molar-refractivity contribution in [3.8, 4) is 5.69 Å². The van der Waals surface area contributed by atoms with Gasteiger partial charge in [-0.15, -0.1) is 0 Å². The van der Waals surface area contributed by atoms with E-state index in [1.807, 2.05) is 36.1 Å². The van der Waals surface area contributed by atoms with Gasteiger partial charge in [-0.05, 0) is 24.1 Å². The quantitative estimate of drug-likeness (QED) is 0.561. The minimum absolute atomic E-state index is 0.459. The van der Waals surface area contributed by atoms with Crippen LogP contribution in [0.1, 0.15) is 23.5 Å². The van der Waals surface area contributed by atoms with E-state index in [-0.39, 0.29) is 0 Å². The lowest BCUT2D eigenvalue weighted by molar-refractivity contribution is 0.475. The van der Waals surface area contributed by atoms with Gasteiger partial charge < -0.3 is 10.2 Å². The average molecular weight is 359 g/mol. The number of rotatable bonds is 5. The molecule has 2 unspecified atom stereocenters. The van der Waals surface area contributed by atoms with Gasteiger partial charge in [0.2, 0.25) is 0 Å². The fraction of sp³-hybridized carbons (Fsp3) is 0.273. The molecule has 1 aliphatic rings. The summed E-state index contributed by atoms with van der Waals surface area (Å²) in [7, 11) is 3.90. The predicted octanol–water partition coefficient (Wildman–Crippen LogP) is 3.44. The maximum absolute atomic E-state index is 4.48. The minimum Gasteiger partial charge on any atom is -0.353 e. The normalized spacial score (nSPS) is 19.0. The van der Waals surface area contributed by atoms with E-state index >= 15 is 0 Å². The number of hydrogen-bond donors (Lipinski definition) is 1. The molecule has 1 N–H and O–H groups in total. The first kappa shape index (κ1) is 17.3. The maximum Gasteiger partial charge on any atom is 0.193 e. The summed E-state index contributed by atoms with van der Waals surface area (Å²) in [6, 6.07) is 21.3. The van der Waals surface area contributed by atoms with E-state index in [1.54, 1.807) is 0 Å². The number of guanidine groups is 1. The number of para-hydroxylation sites is 1. The van der Waals surface area contributed by atoms with Crippen molar-refractivity contribution in [1.29, 1.82) is 0 Å².